The number of urea groups is 1. The van der Waals surface area contributed by atoms with Crippen LogP contribution in [0.15, 0.2) is 36.4 Å². The standard InChI is InChI=1S/C31H40Cl2N4O2/c1-35(30(38)27-9-4-7-22-6-2-3-8-26(22)27)21-24(23-10-11-28(32)29(33)20-23)12-17-36-18-13-25(14-19-36)37-16-5-15-34-31(37)39/h4,7,9-11,20,24-25H,2-3,5-6,8,12-19,21H2,1H3,(H,34,39)/t24-/m1/s1. The van der Waals surface area contributed by atoms with E-state index >= 15 is 0 Å². The van der Waals surface area contributed by atoms with Crippen molar-refractivity contribution in [2.75, 3.05) is 46.3 Å². The number of rotatable bonds is 8. The van der Waals surface area contributed by atoms with Gasteiger partial charge in [0.25, 0.3) is 5.91 Å². The van der Waals surface area contributed by atoms with Crippen LogP contribution in [0.1, 0.15) is 71.5 Å². The number of benzene rings is 2. The molecule has 0 saturated carbocycles. The van der Waals surface area contributed by atoms with Gasteiger partial charge in [-0.15, -0.1) is 0 Å². The van der Waals surface area contributed by atoms with Crippen LogP contribution in [0.5, 0.6) is 0 Å². The molecule has 0 radical (unpaired) electrons. The lowest BCUT2D eigenvalue weighted by atomic mass is 9.87. The molecule has 1 N–H and O–H groups in total. The van der Waals surface area contributed by atoms with Crippen molar-refractivity contribution in [3.63, 3.8) is 0 Å². The molecule has 0 spiro atoms. The van der Waals surface area contributed by atoms with Gasteiger partial charge in [-0.3, -0.25) is 4.79 Å². The number of likely N-dealkylation sites (N-methyl/N-ethyl adjacent to an activating group) is 1. The number of piperidine rings is 1. The minimum atomic E-state index is 0.0896. The topological polar surface area (TPSA) is 55.9 Å². The molecular weight excluding hydrogens is 531 g/mol. The molecule has 0 unspecified atom stereocenters. The number of halogens is 2. The summed E-state index contributed by atoms with van der Waals surface area (Å²) in [5.74, 6) is 0.235. The molecule has 3 aliphatic rings. The van der Waals surface area contributed by atoms with E-state index < -0.39 is 0 Å². The SMILES string of the molecule is CN(C[C@@H](CCN1CCC(N2CCCNC2=O)CC1)c1ccc(Cl)c(Cl)c1)C(=O)c1cccc2c1CCCC2. The van der Waals surface area contributed by atoms with Crippen molar-refractivity contribution in [2.24, 2.45) is 0 Å². The van der Waals surface area contributed by atoms with Crippen molar-refractivity contribution in [2.45, 2.75) is 63.3 Å². The number of carbonyl (C=O) groups excluding carboxylic acids is 2. The average Bonchev–Trinajstić information content (AvgIpc) is 2.96. The number of aryl methyl sites for hydroxylation is 1. The first-order valence-corrected chi connectivity index (χ1v) is 15.2. The summed E-state index contributed by atoms with van der Waals surface area (Å²) >= 11 is 12.7. The summed E-state index contributed by atoms with van der Waals surface area (Å²) in [6, 6.07) is 12.5. The van der Waals surface area contributed by atoms with Gasteiger partial charge in [0.05, 0.1) is 10.0 Å². The lowest BCUT2D eigenvalue weighted by molar-refractivity contribution is 0.0776. The van der Waals surface area contributed by atoms with Crippen LogP contribution in [0.4, 0.5) is 4.79 Å². The molecule has 210 valence electrons. The zero-order valence-electron chi connectivity index (χ0n) is 22.9. The fraction of sp³-hybridized carbons (Fsp3) is 0.548. The highest BCUT2D eigenvalue weighted by molar-refractivity contribution is 6.42. The zero-order valence-corrected chi connectivity index (χ0v) is 24.4. The van der Waals surface area contributed by atoms with Crippen molar-refractivity contribution in [3.05, 3.63) is 68.7 Å². The predicted molar refractivity (Wildman–Crippen MR) is 158 cm³/mol. The largest absolute Gasteiger partial charge is 0.341 e. The van der Waals surface area contributed by atoms with Crippen molar-refractivity contribution >= 4 is 35.1 Å². The first-order valence-electron chi connectivity index (χ1n) is 14.5. The highest BCUT2D eigenvalue weighted by Crippen LogP contribution is 2.31. The van der Waals surface area contributed by atoms with E-state index in [2.05, 4.69) is 16.3 Å². The number of fused-ring (bicyclic) bond motifs is 1. The molecule has 0 aromatic heterocycles. The Kier molecular flexibility index (Phi) is 9.36. The summed E-state index contributed by atoms with van der Waals surface area (Å²) < 4.78 is 0. The maximum Gasteiger partial charge on any atom is 0.317 e. The van der Waals surface area contributed by atoms with E-state index in [1.165, 1.54) is 17.5 Å². The van der Waals surface area contributed by atoms with Crippen LogP contribution >= 0.6 is 23.2 Å². The van der Waals surface area contributed by atoms with Gasteiger partial charge in [-0.05, 0) is 92.8 Å². The molecule has 0 bridgehead atoms. The van der Waals surface area contributed by atoms with Crippen LogP contribution in [0.2, 0.25) is 10.0 Å². The third-order valence-electron chi connectivity index (χ3n) is 8.79. The molecule has 2 aromatic rings. The van der Waals surface area contributed by atoms with Gasteiger partial charge in [0, 0.05) is 57.3 Å². The van der Waals surface area contributed by atoms with Crippen LogP contribution in [-0.4, -0.2) is 79.0 Å². The summed E-state index contributed by atoms with van der Waals surface area (Å²) in [5, 5.41) is 4.08. The van der Waals surface area contributed by atoms with E-state index in [4.69, 9.17) is 23.2 Å². The van der Waals surface area contributed by atoms with Gasteiger partial charge in [0.1, 0.15) is 0 Å². The molecule has 8 heteroatoms. The number of hydrogen-bond acceptors (Lipinski definition) is 3. The van der Waals surface area contributed by atoms with E-state index in [0.717, 1.165) is 88.8 Å². The average molecular weight is 572 g/mol. The van der Waals surface area contributed by atoms with Crippen LogP contribution in [0.25, 0.3) is 0 Å². The molecule has 3 amide bonds. The van der Waals surface area contributed by atoms with Gasteiger partial charge in [-0.1, -0.05) is 41.4 Å². The summed E-state index contributed by atoms with van der Waals surface area (Å²) in [5.41, 5.74) is 4.52. The smallest absolute Gasteiger partial charge is 0.317 e. The van der Waals surface area contributed by atoms with E-state index in [-0.39, 0.29) is 17.9 Å². The molecule has 2 aromatic carbocycles. The molecule has 1 atom stereocenters. The third-order valence-corrected chi connectivity index (χ3v) is 9.53. The fourth-order valence-electron chi connectivity index (χ4n) is 6.52. The number of amides is 3. The van der Waals surface area contributed by atoms with Crippen LogP contribution in [-0.2, 0) is 12.8 Å². The number of nitrogens with zero attached hydrogens (tertiary/aromatic N) is 3. The van der Waals surface area contributed by atoms with Crippen molar-refractivity contribution < 1.29 is 9.59 Å². The van der Waals surface area contributed by atoms with Crippen molar-refractivity contribution in [3.8, 4) is 0 Å². The molecular formula is C31H40Cl2N4O2. The molecule has 2 heterocycles. The second-order valence-electron chi connectivity index (χ2n) is 11.3. The first kappa shape index (κ1) is 28.3. The summed E-state index contributed by atoms with van der Waals surface area (Å²) in [4.78, 5) is 32.4. The van der Waals surface area contributed by atoms with Gasteiger partial charge in [-0.2, -0.15) is 0 Å². The first-order chi connectivity index (χ1) is 18.9. The van der Waals surface area contributed by atoms with Crippen LogP contribution in [0, 0.1) is 0 Å². The Hall–Kier alpha value is -2.28. The normalized spacial score (nSPS) is 19.4. The third kappa shape index (κ3) is 6.72. The predicted octanol–water partition coefficient (Wildman–Crippen LogP) is 6.00. The Bertz CT molecular complexity index is 1180. The van der Waals surface area contributed by atoms with E-state index in [1.54, 1.807) is 0 Å². The van der Waals surface area contributed by atoms with Gasteiger partial charge >= 0.3 is 6.03 Å². The highest BCUT2D eigenvalue weighted by atomic mass is 35.5. The molecule has 5 rings (SSSR count). The number of hydrogen-bond donors (Lipinski definition) is 1. The molecule has 6 nitrogen and oxygen atoms in total. The quantitative estimate of drug-likeness (QED) is 0.423. The van der Waals surface area contributed by atoms with E-state index in [1.807, 2.05) is 47.2 Å². The Morgan fingerprint density at radius 1 is 1.05 bits per heavy atom. The van der Waals surface area contributed by atoms with Gasteiger partial charge in [-0.25, -0.2) is 4.79 Å². The Balaban J connectivity index is 1.24. The number of nitrogens with one attached hydrogen (secondary N) is 1. The maximum atomic E-state index is 13.7. The molecule has 2 fully saturated rings. The summed E-state index contributed by atoms with van der Waals surface area (Å²) in [6.07, 6.45) is 8.33. The van der Waals surface area contributed by atoms with E-state index in [0.29, 0.717) is 22.6 Å². The van der Waals surface area contributed by atoms with Gasteiger partial charge in [0.2, 0.25) is 0 Å². The second-order valence-corrected chi connectivity index (χ2v) is 12.2. The lowest BCUT2D eigenvalue weighted by Crippen LogP contribution is -2.54. The van der Waals surface area contributed by atoms with Gasteiger partial charge < -0.3 is 20.0 Å². The Morgan fingerprint density at radius 2 is 1.85 bits per heavy atom. The molecule has 1 aliphatic carbocycles. The zero-order chi connectivity index (χ0) is 27.4. The van der Waals surface area contributed by atoms with E-state index in [9.17, 15) is 9.59 Å². The highest BCUT2D eigenvalue weighted by Gasteiger charge is 2.30. The molecule has 2 aliphatic heterocycles. The summed E-state index contributed by atoms with van der Waals surface area (Å²) in [7, 11) is 1.92. The van der Waals surface area contributed by atoms with Gasteiger partial charge in [0.15, 0.2) is 0 Å². The van der Waals surface area contributed by atoms with Crippen molar-refractivity contribution in [1.29, 1.82) is 0 Å². The lowest BCUT2D eigenvalue weighted by Gasteiger charge is -2.40. The number of likely N-dealkylation sites (tertiary alicyclic amines) is 1. The molecule has 39 heavy (non-hydrogen) atoms. The Morgan fingerprint density at radius 3 is 2.62 bits per heavy atom. The summed E-state index contributed by atoms with van der Waals surface area (Å²) in [6.45, 7) is 5.16. The second kappa shape index (κ2) is 12.9. The number of carbonyl (C=O) groups is 2. The fourth-order valence-corrected chi connectivity index (χ4v) is 6.83. The van der Waals surface area contributed by atoms with Crippen LogP contribution < -0.4 is 5.32 Å². The minimum Gasteiger partial charge on any atom is -0.341 e. The van der Waals surface area contributed by atoms with Crippen LogP contribution in [0.3, 0.4) is 0 Å². The monoisotopic (exact) mass is 570 g/mol. The maximum absolute atomic E-state index is 13.7. The minimum absolute atomic E-state index is 0.0896. The van der Waals surface area contributed by atoms with Crippen molar-refractivity contribution in [1.82, 2.24) is 20.0 Å². The molecule has 2 saturated heterocycles. The Labute approximate surface area is 242 Å².